The maximum Gasteiger partial charge on any atom is 0.414 e. The molecule has 0 aliphatic heterocycles. The van der Waals surface area contributed by atoms with Crippen LogP contribution in [0.15, 0.2) is 138 Å². The molecule has 0 aliphatic rings. The second-order valence-electron chi connectivity index (χ2n) is 14.1. The SMILES string of the molecule is CC(=O)N[C@H](Cc1ccccc1)C(=O)N[C@@H](CCCN=C(NC(=O)OCc1ccccc1)NC(=O)OCc1ccccc1)C(=O)N[C@H](Cc1ccc2ccccc2c1)C(N)=O. The molecule has 5 rings (SSSR count). The first-order chi connectivity index (χ1) is 29.5. The molecule has 0 heterocycles. The molecule has 0 unspecified atom stereocenters. The number of guanidine groups is 1. The van der Waals surface area contributed by atoms with Gasteiger partial charge in [-0.1, -0.05) is 133 Å². The minimum Gasteiger partial charge on any atom is -0.444 e. The Kier molecular flexibility index (Phi) is 16.9. The number of carbonyl (C=O) groups excluding carboxylic acids is 6. The van der Waals surface area contributed by atoms with Crippen LogP contribution in [0.4, 0.5) is 9.59 Å². The van der Waals surface area contributed by atoms with E-state index in [1.165, 1.54) is 6.92 Å². The van der Waals surface area contributed by atoms with Crippen molar-refractivity contribution in [2.75, 3.05) is 6.54 Å². The van der Waals surface area contributed by atoms with Gasteiger partial charge >= 0.3 is 12.2 Å². The zero-order valence-corrected chi connectivity index (χ0v) is 33.7. The highest BCUT2D eigenvalue weighted by Gasteiger charge is 2.29. The molecule has 6 amide bonds. The van der Waals surface area contributed by atoms with Gasteiger partial charge in [0, 0.05) is 26.3 Å². The van der Waals surface area contributed by atoms with Crippen LogP contribution >= 0.6 is 0 Å². The normalized spacial score (nSPS) is 12.1. The highest BCUT2D eigenvalue weighted by atomic mass is 16.6. The number of aliphatic imine (C=N–C) groups is 1. The smallest absolute Gasteiger partial charge is 0.414 e. The van der Waals surface area contributed by atoms with Gasteiger partial charge in [-0.15, -0.1) is 0 Å². The van der Waals surface area contributed by atoms with Gasteiger partial charge in [0.05, 0.1) is 0 Å². The lowest BCUT2D eigenvalue weighted by molar-refractivity contribution is -0.133. The van der Waals surface area contributed by atoms with Gasteiger partial charge in [-0.3, -0.25) is 34.8 Å². The van der Waals surface area contributed by atoms with E-state index in [1.54, 1.807) is 60.7 Å². The molecule has 0 bridgehead atoms. The first-order valence-corrected chi connectivity index (χ1v) is 19.7. The molecule has 0 radical (unpaired) electrons. The number of fused-ring (bicyclic) bond motifs is 1. The molecule has 5 aromatic carbocycles. The van der Waals surface area contributed by atoms with Crippen molar-refractivity contribution in [1.29, 1.82) is 0 Å². The number of nitrogens with zero attached hydrogens (tertiary/aromatic N) is 1. The number of nitrogens with two attached hydrogens (primary N) is 1. The Balaban J connectivity index is 1.31. The Bertz CT molecular complexity index is 2230. The van der Waals surface area contributed by atoms with E-state index >= 15 is 0 Å². The number of primary amides is 1. The first-order valence-electron chi connectivity index (χ1n) is 19.7. The van der Waals surface area contributed by atoms with E-state index in [0.717, 1.165) is 33.0 Å². The second-order valence-corrected chi connectivity index (χ2v) is 14.1. The lowest BCUT2D eigenvalue weighted by atomic mass is 10.0. The first kappa shape index (κ1) is 44.6. The topological polar surface area (TPSA) is 219 Å². The zero-order chi connectivity index (χ0) is 43.4. The molecular formula is C46H49N7O8. The van der Waals surface area contributed by atoms with Crippen molar-refractivity contribution in [3.8, 4) is 0 Å². The maximum absolute atomic E-state index is 14.0. The van der Waals surface area contributed by atoms with Gasteiger partial charge < -0.3 is 31.2 Å². The fraction of sp³-hybridized carbons (Fsp3) is 0.239. The van der Waals surface area contributed by atoms with E-state index in [0.29, 0.717) is 0 Å². The van der Waals surface area contributed by atoms with E-state index in [9.17, 15) is 28.8 Å². The van der Waals surface area contributed by atoms with Crippen molar-refractivity contribution in [2.24, 2.45) is 10.7 Å². The Morgan fingerprint density at radius 1 is 0.557 bits per heavy atom. The quantitative estimate of drug-likeness (QED) is 0.0417. The van der Waals surface area contributed by atoms with Gasteiger partial charge in [-0.2, -0.15) is 0 Å². The summed E-state index contributed by atoms with van der Waals surface area (Å²) in [5.41, 5.74) is 8.78. The van der Waals surface area contributed by atoms with Crippen molar-refractivity contribution >= 4 is 52.5 Å². The van der Waals surface area contributed by atoms with Crippen molar-refractivity contribution < 1.29 is 38.2 Å². The Morgan fingerprint density at radius 3 is 1.61 bits per heavy atom. The van der Waals surface area contributed by atoms with E-state index in [1.807, 2.05) is 72.8 Å². The summed E-state index contributed by atoms with van der Waals surface area (Å²) in [6.45, 7) is 1.12. The predicted molar refractivity (Wildman–Crippen MR) is 230 cm³/mol. The minimum atomic E-state index is -1.23. The molecule has 0 aromatic heterocycles. The Morgan fingerprint density at radius 2 is 1.05 bits per heavy atom. The fourth-order valence-electron chi connectivity index (χ4n) is 6.25. The summed E-state index contributed by atoms with van der Waals surface area (Å²) in [6.07, 6.45) is -1.48. The average molecular weight is 828 g/mol. The van der Waals surface area contributed by atoms with E-state index in [-0.39, 0.29) is 51.4 Å². The van der Waals surface area contributed by atoms with Crippen LogP contribution in [-0.4, -0.2) is 66.4 Å². The van der Waals surface area contributed by atoms with E-state index in [4.69, 9.17) is 15.2 Å². The molecule has 15 nitrogen and oxygen atoms in total. The summed E-state index contributed by atoms with van der Waals surface area (Å²) in [5.74, 6) is -2.85. The number of amides is 6. The Labute approximate surface area is 353 Å². The molecular weight excluding hydrogens is 779 g/mol. The van der Waals surface area contributed by atoms with Crippen LogP contribution < -0.4 is 32.3 Å². The molecule has 5 aromatic rings. The lowest BCUT2D eigenvalue weighted by Crippen LogP contribution is -2.57. The summed E-state index contributed by atoms with van der Waals surface area (Å²) in [7, 11) is 0. The number of hydrogen-bond donors (Lipinski definition) is 6. The molecule has 7 N–H and O–H groups in total. The fourth-order valence-corrected chi connectivity index (χ4v) is 6.25. The van der Waals surface area contributed by atoms with Crippen LogP contribution in [0.5, 0.6) is 0 Å². The summed E-state index contributed by atoms with van der Waals surface area (Å²) in [5, 5.41) is 14.9. The van der Waals surface area contributed by atoms with Crippen LogP contribution in [0.1, 0.15) is 42.0 Å². The zero-order valence-electron chi connectivity index (χ0n) is 33.7. The van der Waals surface area contributed by atoms with Crippen LogP contribution in [0.25, 0.3) is 10.8 Å². The molecule has 316 valence electrons. The summed E-state index contributed by atoms with van der Waals surface area (Å²) in [4.78, 5) is 82.6. The highest BCUT2D eigenvalue weighted by Crippen LogP contribution is 2.17. The van der Waals surface area contributed by atoms with Gasteiger partial charge in [0.25, 0.3) is 0 Å². The predicted octanol–water partition coefficient (Wildman–Crippen LogP) is 4.57. The van der Waals surface area contributed by atoms with Crippen LogP contribution in [-0.2, 0) is 54.7 Å². The van der Waals surface area contributed by atoms with Crippen LogP contribution in [0, 0.1) is 0 Å². The van der Waals surface area contributed by atoms with Crippen molar-refractivity contribution in [2.45, 2.75) is 63.9 Å². The van der Waals surface area contributed by atoms with Gasteiger partial charge in [-0.25, -0.2) is 9.59 Å². The molecule has 0 saturated heterocycles. The third-order valence-electron chi connectivity index (χ3n) is 9.31. The molecule has 0 aliphatic carbocycles. The standard InChI is InChI=1S/C46H49N7O8/c1-31(54)49-40(27-32-14-5-2-6-15-32)43(57)50-38(42(56)51-39(41(47)55)28-35-23-24-36-20-11-12-21-37(36)26-35)22-13-25-48-44(52-45(58)60-29-33-16-7-3-8-17-33)53-46(59)61-30-34-18-9-4-10-19-34/h2-12,14-21,23-24,26,38-40H,13,22,25,27-30H2,1H3,(H2,47,55)(H,49,54)(H,50,57)(H,51,56)(H2,48,52,53,58,59)/t38-,39+,40+/m0/s1. The number of alkyl carbamates (subject to hydrolysis) is 2. The highest BCUT2D eigenvalue weighted by molar-refractivity contribution is 6.01. The number of hydrogen-bond acceptors (Lipinski definition) is 9. The van der Waals surface area contributed by atoms with Crippen LogP contribution in [0.2, 0.25) is 0 Å². The van der Waals surface area contributed by atoms with Gasteiger partial charge in [-0.05, 0) is 45.9 Å². The molecule has 15 heteroatoms. The molecule has 0 saturated carbocycles. The molecule has 61 heavy (non-hydrogen) atoms. The number of ether oxygens (including phenoxy) is 2. The molecule has 3 atom stereocenters. The van der Waals surface area contributed by atoms with Gasteiger partial charge in [0.15, 0.2) is 0 Å². The number of carbonyl (C=O) groups is 6. The van der Waals surface area contributed by atoms with E-state index in [2.05, 4.69) is 31.6 Å². The van der Waals surface area contributed by atoms with E-state index < -0.39 is 53.9 Å². The number of nitrogens with one attached hydrogen (secondary N) is 5. The summed E-state index contributed by atoms with van der Waals surface area (Å²) >= 11 is 0. The third kappa shape index (κ3) is 15.3. The monoisotopic (exact) mass is 827 g/mol. The summed E-state index contributed by atoms with van der Waals surface area (Å²) in [6, 6.07) is 37.0. The van der Waals surface area contributed by atoms with Crippen molar-refractivity contribution in [3.05, 3.63) is 156 Å². The summed E-state index contributed by atoms with van der Waals surface area (Å²) < 4.78 is 10.6. The van der Waals surface area contributed by atoms with Gasteiger partial charge in [0.2, 0.25) is 29.6 Å². The largest absolute Gasteiger partial charge is 0.444 e. The van der Waals surface area contributed by atoms with Crippen LogP contribution in [0.3, 0.4) is 0 Å². The third-order valence-corrected chi connectivity index (χ3v) is 9.31. The van der Waals surface area contributed by atoms with Gasteiger partial charge in [0.1, 0.15) is 31.3 Å². The average Bonchev–Trinajstić information content (AvgIpc) is 3.26. The molecule has 0 spiro atoms. The number of rotatable bonds is 18. The minimum absolute atomic E-state index is 0.0230. The maximum atomic E-state index is 14.0. The second kappa shape index (κ2) is 23.1. The van der Waals surface area contributed by atoms with Crippen molar-refractivity contribution in [3.63, 3.8) is 0 Å². The number of benzene rings is 5. The Hall–Kier alpha value is -7.55. The molecule has 0 fully saturated rings. The van der Waals surface area contributed by atoms with Crippen molar-refractivity contribution in [1.82, 2.24) is 26.6 Å². The lowest BCUT2D eigenvalue weighted by Gasteiger charge is -2.25.